The quantitative estimate of drug-likeness (QED) is 0.788. The number of nitrogens with zero attached hydrogens (tertiary/aromatic N) is 3. The zero-order chi connectivity index (χ0) is 15.6. The van der Waals surface area contributed by atoms with Crippen LogP contribution in [0.3, 0.4) is 0 Å². The summed E-state index contributed by atoms with van der Waals surface area (Å²) in [6, 6.07) is 10.4. The second-order valence-corrected chi connectivity index (χ2v) is 5.93. The number of aryl methyl sites for hydroxylation is 1. The van der Waals surface area contributed by atoms with Gasteiger partial charge in [0, 0.05) is 48.5 Å². The highest BCUT2D eigenvalue weighted by atomic mass is 16.1. The summed E-state index contributed by atoms with van der Waals surface area (Å²) in [6.07, 6.45) is 8.08. The molecule has 0 saturated heterocycles. The molecule has 0 radical (unpaired) electrons. The van der Waals surface area contributed by atoms with E-state index in [1.807, 2.05) is 30.5 Å². The number of carbonyl (C=O) groups excluding carboxylic acids is 1. The molecule has 0 bridgehead atoms. The van der Waals surface area contributed by atoms with Gasteiger partial charge in [-0.3, -0.25) is 9.78 Å². The number of amides is 1. The Morgan fingerprint density at radius 3 is 2.91 bits per heavy atom. The number of rotatable bonds is 5. The molecule has 0 spiro atoms. The van der Waals surface area contributed by atoms with Crippen molar-refractivity contribution in [1.29, 1.82) is 0 Å². The van der Waals surface area contributed by atoms with Crippen LogP contribution in [0.2, 0.25) is 0 Å². The van der Waals surface area contributed by atoms with E-state index in [0.717, 1.165) is 35.1 Å². The fourth-order valence-corrected chi connectivity index (χ4v) is 2.81. The molecule has 0 atom stereocenters. The van der Waals surface area contributed by atoms with E-state index in [9.17, 15) is 4.79 Å². The van der Waals surface area contributed by atoms with Crippen molar-refractivity contribution in [1.82, 2.24) is 19.9 Å². The largest absolute Gasteiger partial charge is 0.353 e. The number of carbonyl (C=O) groups is 1. The lowest BCUT2D eigenvalue weighted by Gasteiger charge is -2.10. The minimum Gasteiger partial charge on any atom is -0.353 e. The summed E-state index contributed by atoms with van der Waals surface area (Å²) >= 11 is 0. The van der Waals surface area contributed by atoms with Crippen LogP contribution in [0.25, 0.3) is 22.3 Å². The summed E-state index contributed by atoms with van der Waals surface area (Å²) in [4.78, 5) is 20.7. The van der Waals surface area contributed by atoms with Gasteiger partial charge >= 0.3 is 0 Å². The van der Waals surface area contributed by atoms with Gasteiger partial charge in [0.1, 0.15) is 5.65 Å². The van der Waals surface area contributed by atoms with Gasteiger partial charge in [-0.2, -0.15) is 0 Å². The Morgan fingerprint density at radius 1 is 1.26 bits per heavy atom. The van der Waals surface area contributed by atoms with Crippen molar-refractivity contribution < 1.29 is 4.79 Å². The molecule has 1 N–H and O–H groups in total. The van der Waals surface area contributed by atoms with Crippen LogP contribution in [0, 0.1) is 0 Å². The second-order valence-electron chi connectivity index (χ2n) is 5.93. The number of aromatic nitrogens is 3. The normalized spacial score (nSPS) is 14.1. The summed E-state index contributed by atoms with van der Waals surface area (Å²) in [5.74, 6) is 0.113. The lowest BCUT2D eigenvalue weighted by Crippen LogP contribution is -2.26. The highest BCUT2D eigenvalue weighted by molar-refractivity contribution is 5.84. The molecule has 0 aliphatic heterocycles. The summed E-state index contributed by atoms with van der Waals surface area (Å²) in [5.41, 5.74) is 2.99. The van der Waals surface area contributed by atoms with E-state index < -0.39 is 0 Å². The molecule has 3 aromatic heterocycles. The molecule has 5 heteroatoms. The summed E-state index contributed by atoms with van der Waals surface area (Å²) < 4.78 is 2.11. The van der Waals surface area contributed by atoms with Crippen molar-refractivity contribution in [2.75, 3.05) is 0 Å². The van der Waals surface area contributed by atoms with Crippen LogP contribution in [0.1, 0.15) is 19.3 Å². The molecule has 1 fully saturated rings. The van der Waals surface area contributed by atoms with E-state index >= 15 is 0 Å². The minimum atomic E-state index is 0.113. The van der Waals surface area contributed by atoms with Gasteiger partial charge in [-0.25, -0.2) is 4.98 Å². The zero-order valence-corrected chi connectivity index (χ0v) is 12.8. The van der Waals surface area contributed by atoms with E-state index in [2.05, 4.69) is 25.9 Å². The Morgan fingerprint density at radius 2 is 2.13 bits per heavy atom. The first kappa shape index (κ1) is 13.9. The van der Waals surface area contributed by atoms with Crippen molar-refractivity contribution in [3.63, 3.8) is 0 Å². The van der Waals surface area contributed by atoms with Crippen LogP contribution in [0.15, 0.2) is 48.9 Å². The number of hydrogen-bond acceptors (Lipinski definition) is 3. The van der Waals surface area contributed by atoms with Gasteiger partial charge in [-0.1, -0.05) is 0 Å². The third kappa shape index (κ3) is 2.95. The van der Waals surface area contributed by atoms with E-state index in [4.69, 9.17) is 0 Å². The van der Waals surface area contributed by atoms with Crippen molar-refractivity contribution in [3.8, 4) is 11.3 Å². The standard InChI is InChI=1S/C18H18N4O/c23-17(21-15-5-6-15)7-10-22-16(14-4-1-8-19-12-14)11-13-3-2-9-20-18(13)22/h1-4,8-9,11-12,15H,5-7,10H2,(H,21,23). The first-order chi connectivity index (χ1) is 11.3. The average molecular weight is 306 g/mol. The van der Waals surface area contributed by atoms with Crippen molar-refractivity contribution >= 4 is 16.9 Å². The molecule has 23 heavy (non-hydrogen) atoms. The summed E-state index contributed by atoms with van der Waals surface area (Å²) in [6.45, 7) is 0.614. The molecular weight excluding hydrogens is 288 g/mol. The van der Waals surface area contributed by atoms with Crippen LogP contribution in [0.4, 0.5) is 0 Å². The van der Waals surface area contributed by atoms with Crippen LogP contribution in [-0.4, -0.2) is 26.5 Å². The molecule has 0 unspecified atom stereocenters. The maximum Gasteiger partial charge on any atom is 0.222 e. The van der Waals surface area contributed by atoms with Gasteiger partial charge in [0.15, 0.2) is 0 Å². The maximum atomic E-state index is 12.0. The zero-order valence-electron chi connectivity index (χ0n) is 12.8. The van der Waals surface area contributed by atoms with E-state index in [1.165, 1.54) is 0 Å². The Balaban J connectivity index is 1.66. The molecule has 1 amide bonds. The van der Waals surface area contributed by atoms with Crippen molar-refractivity contribution in [2.45, 2.75) is 31.8 Å². The van der Waals surface area contributed by atoms with Crippen molar-refractivity contribution in [2.24, 2.45) is 0 Å². The monoisotopic (exact) mass is 306 g/mol. The van der Waals surface area contributed by atoms with E-state index in [1.54, 1.807) is 12.4 Å². The molecule has 1 saturated carbocycles. The summed E-state index contributed by atoms with van der Waals surface area (Å²) in [7, 11) is 0. The first-order valence-corrected chi connectivity index (χ1v) is 7.95. The van der Waals surface area contributed by atoms with E-state index in [-0.39, 0.29) is 5.91 Å². The maximum absolute atomic E-state index is 12.0. The van der Waals surface area contributed by atoms with Crippen LogP contribution >= 0.6 is 0 Å². The fraction of sp³-hybridized carbons (Fsp3) is 0.278. The molecule has 1 aliphatic carbocycles. The van der Waals surface area contributed by atoms with Gasteiger partial charge in [0.05, 0.1) is 5.69 Å². The number of fused-ring (bicyclic) bond motifs is 1. The Bertz CT molecular complexity index is 837. The van der Waals surface area contributed by atoms with Gasteiger partial charge in [0.2, 0.25) is 5.91 Å². The Hall–Kier alpha value is -2.69. The fourth-order valence-electron chi connectivity index (χ4n) is 2.81. The topological polar surface area (TPSA) is 59.8 Å². The molecule has 5 nitrogen and oxygen atoms in total. The lowest BCUT2D eigenvalue weighted by molar-refractivity contribution is -0.121. The van der Waals surface area contributed by atoms with Crippen LogP contribution < -0.4 is 5.32 Å². The first-order valence-electron chi connectivity index (χ1n) is 7.95. The highest BCUT2D eigenvalue weighted by Crippen LogP contribution is 2.27. The molecule has 4 rings (SSSR count). The molecular formula is C18H18N4O. The Labute approximate surface area is 134 Å². The predicted molar refractivity (Wildman–Crippen MR) is 88.7 cm³/mol. The minimum absolute atomic E-state index is 0.113. The Kier molecular flexibility index (Phi) is 3.54. The lowest BCUT2D eigenvalue weighted by atomic mass is 10.2. The molecule has 1 aliphatic rings. The van der Waals surface area contributed by atoms with Crippen LogP contribution in [-0.2, 0) is 11.3 Å². The average Bonchev–Trinajstić information content (AvgIpc) is 3.32. The predicted octanol–water partition coefficient (Wildman–Crippen LogP) is 2.77. The molecule has 0 aromatic carbocycles. The van der Waals surface area contributed by atoms with Crippen LogP contribution in [0.5, 0.6) is 0 Å². The van der Waals surface area contributed by atoms with Crippen molar-refractivity contribution in [3.05, 3.63) is 48.9 Å². The molecule has 116 valence electrons. The smallest absolute Gasteiger partial charge is 0.222 e. The SMILES string of the molecule is O=C(CCn1c(-c2cccnc2)cc2cccnc21)NC1CC1. The number of hydrogen-bond donors (Lipinski definition) is 1. The molecule has 3 aromatic rings. The highest BCUT2D eigenvalue weighted by Gasteiger charge is 2.23. The third-order valence-corrected chi connectivity index (χ3v) is 4.12. The number of pyridine rings is 2. The summed E-state index contributed by atoms with van der Waals surface area (Å²) in [5, 5.41) is 4.12. The number of nitrogens with one attached hydrogen (secondary N) is 1. The van der Waals surface area contributed by atoms with Gasteiger partial charge in [-0.05, 0) is 43.2 Å². The molecule has 3 heterocycles. The van der Waals surface area contributed by atoms with E-state index in [0.29, 0.717) is 19.0 Å². The second kappa shape index (κ2) is 5.83. The van der Waals surface area contributed by atoms with Gasteiger partial charge < -0.3 is 9.88 Å². The van der Waals surface area contributed by atoms with Gasteiger partial charge in [0.25, 0.3) is 0 Å². The third-order valence-electron chi connectivity index (χ3n) is 4.12. The van der Waals surface area contributed by atoms with Gasteiger partial charge in [-0.15, -0.1) is 0 Å².